The van der Waals surface area contributed by atoms with Gasteiger partial charge in [0.1, 0.15) is 0 Å². The van der Waals surface area contributed by atoms with Crippen LogP contribution in [0.5, 0.6) is 0 Å². The molecule has 27 heavy (non-hydrogen) atoms. The summed E-state index contributed by atoms with van der Waals surface area (Å²) in [6.07, 6.45) is -1.98. The number of piperidine rings is 1. The highest BCUT2D eigenvalue weighted by atomic mass is 19.3. The number of aromatic carboxylic acids is 1. The van der Waals surface area contributed by atoms with Gasteiger partial charge in [0.05, 0.1) is 17.6 Å². The number of rotatable bonds is 6. The van der Waals surface area contributed by atoms with E-state index in [0.717, 1.165) is 12.1 Å². The highest BCUT2D eigenvalue weighted by Crippen LogP contribution is 2.41. The van der Waals surface area contributed by atoms with Gasteiger partial charge in [-0.1, -0.05) is 42.5 Å². The Morgan fingerprint density at radius 2 is 1.78 bits per heavy atom. The summed E-state index contributed by atoms with van der Waals surface area (Å²) in [6.45, 7) is 1.30. The number of halogens is 2. The van der Waals surface area contributed by atoms with Crippen LogP contribution in [0.25, 0.3) is 0 Å². The van der Waals surface area contributed by atoms with Gasteiger partial charge in [0.15, 0.2) is 0 Å². The summed E-state index contributed by atoms with van der Waals surface area (Å²) in [5.41, 5.74) is 0.369. The first-order valence-electron chi connectivity index (χ1n) is 8.98. The van der Waals surface area contributed by atoms with E-state index < -0.39 is 24.4 Å². The van der Waals surface area contributed by atoms with Crippen molar-refractivity contribution in [3.05, 3.63) is 70.8 Å². The van der Waals surface area contributed by atoms with Gasteiger partial charge in [0.2, 0.25) is 6.43 Å². The third-order valence-electron chi connectivity index (χ3n) is 5.50. The largest absolute Gasteiger partial charge is 0.478 e. The van der Waals surface area contributed by atoms with Crippen LogP contribution in [0.3, 0.4) is 0 Å². The molecule has 1 saturated heterocycles. The van der Waals surface area contributed by atoms with Crippen LogP contribution in [-0.4, -0.2) is 40.6 Å². The molecular formula is C21H23F2NO3. The van der Waals surface area contributed by atoms with Crippen molar-refractivity contribution in [2.24, 2.45) is 0 Å². The molecule has 1 aliphatic heterocycles. The Morgan fingerprint density at radius 3 is 2.33 bits per heavy atom. The molecule has 0 aromatic heterocycles. The maximum Gasteiger partial charge on any atom is 0.336 e. The quantitative estimate of drug-likeness (QED) is 0.809. The average molecular weight is 375 g/mol. The first kappa shape index (κ1) is 19.5. The van der Waals surface area contributed by atoms with Crippen molar-refractivity contribution < 1.29 is 23.8 Å². The summed E-state index contributed by atoms with van der Waals surface area (Å²) in [4.78, 5) is 13.4. The van der Waals surface area contributed by atoms with E-state index in [9.17, 15) is 23.8 Å². The van der Waals surface area contributed by atoms with Gasteiger partial charge >= 0.3 is 5.97 Å². The minimum absolute atomic E-state index is 0.0489. The van der Waals surface area contributed by atoms with Crippen LogP contribution in [0, 0.1) is 0 Å². The molecule has 2 aromatic rings. The predicted octanol–water partition coefficient (Wildman–Crippen LogP) is 3.68. The van der Waals surface area contributed by atoms with E-state index in [1.165, 1.54) is 18.2 Å². The van der Waals surface area contributed by atoms with Crippen LogP contribution >= 0.6 is 0 Å². The molecule has 2 N–H and O–H groups in total. The monoisotopic (exact) mass is 375 g/mol. The number of alkyl halides is 2. The van der Waals surface area contributed by atoms with Crippen molar-refractivity contribution in [2.45, 2.75) is 37.8 Å². The Bertz CT molecular complexity index is 787. The lowest BCUT2D eigenvalue weighted by molar-refractivity contribution is 0.00431. The summed E-state index contributed by atoms with van der Waals surface area (Å²) in [7, 11) is 0. The van der Waals surface area contributed by atoms with Crippen molar-refractivity contribution in [1.29, 1.82) is 0 Å². The van der Waals surface area contributed by atoms with Crippen molar-refractivity contribution >= 4 is 5.97 Å². The molecule has 0 amide bonds. The molecule has 1 fully saturated rings. The van der Waals surface area contributed by atoms with E-state index in [1.54, 1.807) is 0 Å². The fourth-order valence-corrected chi connectivity index (χ4v) is 3.83. The minimum atomic E-state index is -2.56. The number of likely N-dealkylation sites (tertiary alicyclic amines) is 1. The number of aliphatic hydroxyl groups is 1. The highest BCUT2D eigenvalue weighted by Gasteiger charge is 2.44. The molecule has 0 atom stereocenters. The fraction of sp³-hybridized carbons (Fsp3) is 0.381. The Morgan fingerprint density at radius 1 is 1.11 bits per heavy atom. The van der Waals surface area contributed by atoms with Crippen molar-refractivity contribution in [2.75, 3.05) is 13.1 Å². The highest BCUT2D eigenvalue weighted by molar-refractivity contribution is 5.89. The van der Waals surface area contributed by atoms with E-state index in [1.807, 2.05) is 30.3 Å². The van der Waals surface area contributed by atoms with E-state index >= 15 is 0 Å². The molecule has 6 heteroatoms. The third kappa shape index (κ3) is 4.01. The van der Waals surface area contributed by atoms with Crippen molar-refractivity contribution in [3.8, 4) is 0 Å². The lowest BCUT2D eigenvalue weighted by atomic mass is 9.72. The van der Waals surface area contributed by atoms with Crippen LogP contribution in [0.15, 0.2) is 48.5 Å². The van der Waals surface area contributed by atoms with Crippen molar-refractivity contribution in [1.82, 2.24) is 4.90 Å². The molecule has 3 rings (SSSR count). The molecule has 2 aromatic carbocycles. The Balaban J connectivity index is 1.81. The zero-order chi connectivity index (χ0) is 19.4. The Labute approximate surface area is 157 Å². The van der Waals surface area contributed by atoms with E-state index in [4.69, 9.17) is 0 Å². The predicted molar refractivity (Wildman–Crippen MR) is 98.0 cm³/mol. The molecule has 0 unspecified atom stereocenters. The average Bonchev–Trinajstić information content (AvgIpc) is 2.68. The van der Waals surface area contributed by atoms with E-state index in [-0.39, 0.29) is 24.0 Å². The molecule has 4 nitrogen and oxygen atoms in total. The van der Waals surface area contributed by atoms with E-state index in [2.05, 4.69) is 4.90 Å². The number of nitrogens with zero attached hydrogens (tertiary/aromatic N) is 1. The number of aliphatic hydroxyl groups excluding tert-OH is 1. The molecule has 0 bridgehead atoms. The summed E-state index contributed by atoms with van der Waals surface area (Å²) in [6, 6.07) is 14.1. The minimum Gasteiger partial charge on any atom is -0.478 e. The zero-order valence-electron chi connectivity index (χ0n) is 14.9. The van der Waals surface area contributed by atoms with Crippen molar-refractivity contribution in [3.63, 3.8) is 0 Å². The van der Waals surface area contributed by atoms with Gasteiger partial charge in [0.25, 0.3) is 0 Å². The summed E-state index contributed by atoms with van der Waals surface area (Å²) in [5, 5.41) is 18.6. The number of hydrogen-bond acceptors (Lipinski definition) is 3. The van der Waals surface area contributed by atoms with Crippen LogP contribution in [0.1, 0.15) is 39.9 Å². The van der Waals surface area contributed by atoms with Gasteiger partial charge in [-0.25, -0.2) is 13.6 Å². The third-order valence-corrected chi connectivity index (χ3v) is 5.50. The second kappa shape index (κ2) is 8.15. The molecule has 144 valence electrons. The Hall–Kier alpha value is -2.31. The SMILES string of the molecule is O=C(O)c1ccc(C2(C(F)F)CCN(Cc3ccccc3)CC2)cc1CO. The maximum absolute atomic E-state index is 14.1. The normalized spacial score (nSPS) is 17.2. The standard InChI is InChI=1S/C21H23F2NO3/c22-20(23)21(17-6-7-18(19(26)27)16(12-17)14-25)8-10-24(11-9-21)13-15-4-2-1-3-5-15/h1-7,12,20,25H,8-11,13-14H2,(H,26,27). The smallest absolute Gasteiger partial charge is 0.336 e. The number of hydrogen-bond donors (Lipinski definition) is 2. The molecule has 1 aliphatic rings. The summed E-state index contributed by atoms with van der Waals surface area (Å²) in [5.74, 6) is -1.17. The first-order valence-corrected chi connectivity index (χ1v) is 8.98. The van der Waals surface area contributed by atoms with Crippen LogP contribution in [0.2, 0.25) is 0 Å². The molecule has 0 aliphatic carbocycles. The number of carboxylic acid groups (broad SMARTS) is 1. The molecule has 1 heterocycles. The second-order valence-corrected chi connectivity index (χ2v) is 7.05. The van der Waals surface area contributed by atoms with Gasteiger partial charge in [-0.05, 0) is 48.7 Å². The van der Waals surface area contributed by atoms with Crippen LogP contribution < -0.4 is 0 Å². The van der Waals surface area contributed by atoms with Gasteiger partial charge in [-0.15, -0.1) is 0 Å². The molecular weight excluding hydrogens is 352 g/mol. The lowest BCUT2D eigenvalue weighted by Crippen LogP contribution is -2.46. The van der Waals surface area contributed by atoms with Gasteiger partial charge in [-0.2, -0.15) is 0 Å². The number of carboxylic acids is 1. The molecule has 0 spiro atoms. The maximum atomic E-state index is 14.1. The molecule has 0 radical (unpaired) electrons. The van der Waals surface area contributed by atoms with Gasteiger partial charge in [0, 0.05) is 6.54 Å². The Kier molecular flexibility index (Phi) is 5.87. The van der Waals surface area contributed by atoms with Gasteiger partial charge < -0.3 is 10.2 Å². The number of benzene rings is 2. The van der Waals surface area contributed by atoms with E-state index in [0.29, 0.717) is 18.7 Å². The van der Waals surface area contributed by atoms with Crippen LogP contribution in [-0.2, 0) is 18.6 Å². The molecule has 0 saturated carbocycles. The number of carbonyl (C=O) groups is 1. The topological polar surface area (TPSA) is 60.8 Å². The zero-order valence-corrected chi connectivity index (χ0v) is 14.9. The second-order valence-electron chi connectivity index (χ2n) is 7.05. The lowest BCUT2D eigenvalue weighted by Gasteiger charge is -2.42. The summed E-state index contributed by atoms with van der Waals surface area (Å²) >= 11 is 0. The summed E-state index contributed by atoms with van der Waals surface area (Å²) < 4.78 is 28.2. The first-order chi connectivity index (χ1) is 13.0. The van der Waals surface area contributed by atoms with Gasteiger partial charge in [-0.3, -0.25) is 4.90 Å². The fourth-order valence-electron chi connectivity index (χ4n) is 3.83. The van der Waals surface area contributed by atoms with Crippen LogP contribution in [0.4, 0.5) is 8.78 Å².